The quantitative estimate of drug-likeness (QED) is 0.625. The Morgan fingerprint density at radius 3 is 2.59 bits per heavy atom. The number of nitrogens with one attached hydrogen (secondary N) is 1. The maximum absolute atomic E-state index is 12.2. The summed E-state index contributed by atoms with van der Waals surface area (Å²) in [6, 6.07) is 6.66. The Hall–Kier alpha value is -2.36. The van der Waals surface area contributed by atoms with Crippen molar-refractivity contribution in [3.63, 3.8) is 0 Å². The Morgan fingerprint density at radius 1 is 1.21 bits per heavy atom. The average Bonchev–Trinajstić information content (AvgIpc) is 3.23. The van der Waals surface area contributed by atoms with Crippen molar-refractivity contribution in [1.82, 2.24) is 20.1 Å². The highest BCUT2D eigenvalue weighted by Crippen LogP contribution is 2.41. The zero-order valence-electron chi connectivity index (χ0n) is 15.9. The van der Waals surface area contributed by atoms with E-state index in [2.05, 4.69) is 29.7 Å². The first-order valence-corrected chi connectivity index (χ1v) is 10.7. The number of hydrogen-bond acceptors (Lipinski definition) is 6. The van der Waals surface area contributed by atoms with E-state index < -0.39 is 6.61 Å². The van der Waals surface area contributed by atoms with Gasteiger partial charge in [-0.15, -0.1) is 10.2 Å². The minimum atomic E-state index is -2.85. The lowest BCUT2D eigenvalue weighted by Gasteiger charge is -2.17. The molecule has 1 saturated heterocycles. The molecular weight excluding hydrogens is 400 g/mol. The molecule has 1 aliphatic carbocycles. The number of rotatable bonds is 9. The highest BCUT2D eigenvalue weighted by Gasteiger charge is 2.32. The largest absolute Gasteiger partial charge is 0.435 e. The van der Waals surface area contributed by atoms with E-state index in [1.165, 1.54) is 36.7 Å². The molecule has 156 valence electrons. The molecule has 0 radical (unpaired) electrons. The molecule has 1 aromatic carbocycles. The van der Waals surface area contributed by atoms with Crippen LogP contribution in [0.15, 0.2) is 29.4 Å². The van der Waals surface area contributed by atoms with Crippen LogP contribution in [0.2, 0.25) is 0 Å². The lowest BCUT2D eigenvalue weighted by atomic mass is 10.2. The molecule has 0 atom stereocenters. The molecule has 1 N–H and O–H groups in total. The Bertz CT molecular complexity index is 836. The summed E-state index contributed by atoms with van der Waals surface area (Å²) in [5.74, 6) is 1.16. The topological polar surface area (TPSA) is 72.3 Å². The maximum atomic E-state index is 12.2. The predicted octanol–water partition coefficient (Wildman–Crippen LogP) is 3.22. The monoisotopic (exact) mass is 423 g/mol. The molecule has 1 aromatic heterocycles. The maximum Gasteiger partial charge on any atom is 0.387 e. The van der Waals surface area contributed by atoms with Crippen LogP contribution in [0.5, 0.6) is 5.75 Å². The van der Waals surface area contributed by atoms with Gasteiger partial charge in [-0.25, -0.2) is 0 Å². The second-order valence-corrected chi connectivity index (χ2v) is 8.11. The summed E-state index contributed by atoms with van der Waals surface area (Å²) in [4.78, 5) is 14.5. The smallest absolute Gasteiger partial charge is 0.387 e. The van der Waals surface area contributed by atoms with Crippen LogP contribution >= 0.6 is 11.8 Å². The predicted molar refractivity (Wildman–Crippen MR) is 105 cm³/mol. The molecule has 2 aliphatic rings. The third-order valence-corrected chi connectivity index (χ3v) is 5.86. The lowest BCUT2D eigenvalue weighted by Crippen LogP contribution is -2.25. The van der Waals surface area contributed by atoms with Crippen molar-refractivity contribution in [2.45, 2.75) is 50.0 Å². The van der Waals surface area contributed by atoms with Crippen LogP contribution < -0.4 is 15.0 Å². The van der Waals surface area contributed by atoms with Gasteiger partial charge in [0.05, 0.1) is 5.75 Å². The first kappa shape index (κ1) is 19.9. The van der Waals surface area contributed by atoms with E-state index in [1.807, 2.05) is 0 Å². The number of anilines is 1. The molecule has 1 aliphatic heterocycles. The van der Waals surface area contributed by atoms with Gasteiger partial charge in [0.15, 0.2) is 5.16 Å². The van der Waals surface area contributed by atoms with Crippen molar-refractivity contribution < 1.29 is 18.3 Å². The fourth-order valence-electron chi connectivity index (χ4n) is 3.32. The Kier molecular flexibility index (Phi) is 6.17. The number of amides is 1. The minimum Gasteiger partial charge on any atom is -0.435 e. The number of halogens is 2. The SMILES string of the molecule is O=C(CSc1nnc(N2CCCC2)n1C1CC1)NCc1ccc(OC(F)F)cc1. The molecule has 7 nitrogen and oxygen atoms in total. The summed E-state index contributed by atoms with van der Waals surface area (Å²) in [7, 11) is 0. The third-order valence-electron chi connectivity index (χ3n) is 4.92. The van der Waals surface area contributed by atoms with E-state index in [9.17, 15) is 13.6 Å². The molecule has 0 spiro atoms. The second-order valence-electron chi connectivity index (χ2n) is 7.17. The number of nitrogens with zero attached hydrogens (tertiary/aromatic N) is 4. The normalized spacial score (nSPS) is 16.4. The fraction of sp³-hybridized carbons (Fsp3) is 0.526. The molecule has 2 heterocycles. The third kappa shape index (κ3) is 5.17. The van der Waals surface area contributed by atoms with E-state index in [0.29, 0.717) is 12.6 Å². The number of ether oxygens (including phenoxy) is 1. The van der Waals surface area contributed by atoms with Gasteiger partial charge in [0, 0.05) is 25.7 Å². The van der Waals surface area contributed by atoms with Crippen LogP contribution in [0.4, 0.5) is 14.7 Å². The molecule has 0 bridgehead atoms. The number of hydrogen-bond donors (Lipinski definition) is 1. The van der Waals surface area contributed by atoms with Crippen LogP contribution in [-0.2, 0) is 11.3 Å². The first-order valence-electron chi connectivity index (χ1n) is 9.73. The molecule has 4 rings (SSSR count). The zero-order chi connectivity index (χ0) is 20.2. The molecule has 29 heavy (non-hydrogen) atoms. The number of thioether (sulfide) groups is 1. The van der Waals surface area contributed by atoms with Crippen LogP contribution in [0.3, 0.4) is 0 Å². The fourth-order valence-corrected chi connectivity index (χ4v) is 4.15. The number of aromatic nitrogens is 3. The molecule has 2 aromatic rings. The van der Waals surface area contributed by atoms with Gasteiger partial charge in [-0.1, -0.05) is 23.9 Å². The van der Waals surface area contributed by atoms with Gasteiger partial charge >= 0.3 is 6.61 Å². The summed E-state index contributed by atoms with van der Waals surface area (Å²) in [5.41, 5.74) is 0.808. The molecule has 10 heteroatoms. The average molecular weight is 423 g/mol. The Morgan fingerprint density at radius 2 is 1.93 bits per heavy atom. The number of carbonyl (C=O) groups is 1. The molecule has 1 amide bonds. The van der Waals surface area contributed by atoms with E-state index >= 15 is 0 Å². The Balaban J connectivity index is 1.28. The Labute approximate surface area is 171 Å². The highest BCUT2D eigenvalue weighted by atomic mass is 32.2. The van der Waals surface area contributed by atoms with Crippen molar-refractivity contribution in [3.05, 3.63) is 29.8 Å². The minimum absolute atomic E-state index is 0.0962. The molecule has 1 saturated carbocycles. The summed E-state index contributed by atoms with van der Waals surface area (Å²) in [6.07, 6.45) is 4.61. The van der Waals surface area contributed by atoms with Gasteiger partial charge in [0.25, 0.3) is 0 Å². The summed E-state index contributed by atoms with van der Waals surface area (Å²) in [6.45, 7) is -0.502. The van der Waals surface area contributed by atoms with Gasteiger partial charge in [-0.3, -0.25) is 9.36 Å². The van der Waals surface area contributed by atoms with Crippen molar-refractivity contribution in [2.75, 3.05) is 23.7 Å². The number of benzene rings is 1. The molecule has 0 unspecified atom stereocenters. The van der Waals surface area contributed by atoms with E-state index in [1.54, 1.807) is 12.1 Å². The molecule has 2 fully saturated rings. The van der Waals surface area contributed by atoms with Crippen molar-refractivity contribution in [1.29, 1.82) is 0 Å². The molecular formula is C19H23F2N5O2S. The van der Waals surface area contributed by atoms with E-state index in [4.69, 9.17) is 0 Å². The van der Waals surface area contributed by atoms with Crippen molar-refractivity contribution >= 4 is 23.6 Å². The van der Waals surface area contributed by atoms with Gasteiger partial charge in [0.1, 0.15) is 5.75 Å². The van der Waals surface area contributed by atoms with Crippen LogP contribution in [0.25, 0.3) is 0 Å². The summed E-state index contributed by atoms with van der Waals surface area (Å²) in [5, 5.41) is 12.3. The standard InChI is InChI=1S/C19H23F2N5O2S/c20-17(21)28-15-7-3-13(4-8-15)11-22-16(27)12-29-19-24-23-18(25-9-1-2-10-25)26(19)14-5-6-14/h3-4,7-8,14,17H,1-2,5-6,9-12H2,(H,22,27). The van der Waals surface area contributed by atoms with Crippen LogP contribution in [0.1, 0.15) is 37.3 Å². The van der Waals surface area contributed by atoms with Crippen molar-refractivity contribution in [2.24, 2.45) is 0 Å². The van der Waals surface area contributed by atoms with Gasteiger partial charge in [-0.2, -0.15) is 8.78 Å². The van der Waals surface area contributed by atoms with Gasteiger partial charge < -0.3 is 15.0 Å². The highest BCUT2D eigenvalue weighted by molar-refractivity contribution is 7.99. The zero-order valence-corrected chi connectivity index (χ0v) is 16.7. The van der Waals surface area contributed by atoms with E-state index in [-0.39, 0.29) is 17.4 Å². The summed E-state index contributed by atoms with van der Waals surface area (Å²) < 4.78 is 30.9. The summed E-state index contributed by atoms with van der Waals surface area (Å²) >= 11 is 1.39. The van der Waals surface area contributed by atoms with Crippen molar-refractivity contribution in [3.8, 4) is 5.75 Å². The lowest BCUT2D eigenvalue weighted by molar-refractivity contribution is -0.118. The first-order chi connectivity index (χ1) is 14.1. The second kappa shape index (κ2) is 8.98. The van der Waals surface area contributed by atoms with E-state index in [0.717, 1.165) is 42.6 Å². The van der Waals surface area contributed by atoms with Crippen LogP contribution in [0, 0.1) is 0 Å². The van der Waals surface area contributed by atoms with Gasteiger partial charge in [0.2, 0.25) is 11.9 Å². The number of alkyl halides is 2. The van der Waals surface area contributed by atoms with Crippen LogP contribution in [-0.4, -0.2) is 46.1 Å². The van der Waals surface area contributed by atoms with Gasteiger partial charge in [-0.05, 0) is 43.4 Å². The number of carbonyl (C=O) groups excluding carboxylic acids is 1.